The van der Waals surface area contributed by atoms with Gasteiger partial charge in [0.05, 0.1) is 13.2 Å². The summed E-state index contributed by atoms with van der Waals surface area (Å²) in [7, 11) is 0. The average molecular weight is 509 g/mol. The fourth-order valence-corrected chi connectivity index (χ4v) is 4.50. The largest absolute Gasteiger partial charge is 0.504 e. The smallest absolute Gasteiger partial charge is 0.340 e. The predicted molar refractivity (Wildman–Crippen MR) is 147 cm³/mol. The topological polar surface area (TPSA) is 96.2 Å². The maximum absolute atomic E-state index is 12.1. The van der Waals surface area contributed by atoms with Gasteiger partial charge in [-0.25, -0.2) is 4.79 Å². The maximum Gasteiger partial charge on any atom is 0.340 e. The summed E-state index contributed by atoms with van der Waals surface area (Å²) >= 11 is 0. The third kappa shape index (κ3) is 11.7. The molecule has 0 bridgehead atoms. The molecule has 0 unspecified atom stereocenters. The van der Waals surface area contributed by atoms with E-state index in [2.05, 4.69) is 20.8 Å². The standard InChI is InChI=1S/C30H52O6/c1-4-7-10-13-16-19-22-35-28-24(21-18-15-12-9-6-3)25(30(33)34)26(31)27(32)29(28)36-23-20-17-14-11-8-5-2/h31-32H,4-23H2,1-3H3,(H,33,34). The van der Waals surface area contributed by atoms with Crippen LogP contribution in [0.5, 0.6) is 23.0 Å². The van der Waals surface area contributed by atoms with Gasteiger partial charge in [0, 0.05) is 5.56 Å². The Balaban J connectivity index is 3.05. The van der Waals surface area contributed by atoms with Gasteiger partial charge >= 0.3 is 5.97 Å². The van der Waals surface area contributed by atoms with Crippen molar-refractivity contribution in [1.29, 1.82) is 0 Å². The van der Waals surface area contributed by atoms with E-state index >= 15 is 0 Å². The molecule has 0 aliphatic rings. The van der Waals surface area contributed by atoms with Crippen LogP contribution in [0.1, 0.15) is 146 Å². The van der Waals surface area contributed by atoms with Crippen LogP contribution in [-0.4, -0.2) is 34.5 Å². The Morgan fingerprint density at radius 2 is 1.00 bits per heavy atom. The molecule has 36 heavy (non-hydrogen) atoms. The van der Waals surface area contributed by atoms with Crippen LogP contribution in [0, 0.1) is 0 Å². The number of hydrogen-bond donors (Lipinski definition) is 3. The number of carboxylic acids is 1. The molecule has 0 spiro atoms. The first-order valence-electron chi connectivity index (χ1n) is 14.6. The van der Waals surface area contributed by atoms with Crippen LogP contribution in [0.3, 0.4) is 0 Å². The van der Waals surface area contributed by atoms with Crippen molar-refractivity contribution in [2.24, 2.45) is 0 Å². The summed E-state index contributed by atoms with van der Waals surface area (Å²) in [4.78, 5) is 12.1. The quantitative estimate of drug-likeness (QED) is 0.101. The lowest BCUT2D eigenvalue weighted by Crippen LogP contribution is -2.11. The lowest BCUT2D eigenvalue weighted by atomic mass is 9.97. The molecule has 1 aromatic carbocycles. The fourth-order valence-electron chi connectivity index (χ4n) is 4.50. The molecule has 0 saturated carbocycles. The summed E-state index contributed by atoms with van der Waals surface area (Å²) in [5.74, 6) is -2.06. The Labute approximate surface area is 219 Å². The molecular weight excluding hydrogens is 456 g/mol. The minimum atomic E-state index is -1.27. The molecule has 0 amide bonds. The SMILES string of the molecule is CCCCCCCCOc1c(O)c(O)c(C(=O)O)c(CCCCCCC)c1OCCCCCCCC. The van der Waals surface area contributed by atoms with Crippen LogP contribution in [0.25, 0.3) is 0 Å². The van der Waals surface area contributed by atoms with E-state index in [1.54, 1.807) is 0 Å². The van der Waals surface area contributed by atoms with Crippen molar-refractivity contribution in [3.8, 4) is 23.0 Å². The van der Waals surface area contributed by atoms with Crippen LogP contribution >= 0.6 is 0 Å². The summed E-state index contributed by atoms with van der Waals surface area (Å²) < 4.78 is 12.1. The number of aromatic carboxylic acids is 1. The van der Waals surface area contributed by atoms with E-state index in [-0.39, 0.29) is 17.1 Å². The highest BCUT2D eigenvalue weighted by atomic mass is 16.5. The number of carboxylic acid groups (broad SMARTS) is 1. The minimum Gasteiger partial charge on any atom is -0.504 e. The van der Waals surface area contributed by atoms with Crippen molar-refractivity contribution in [2.45, 2.75) is 136 Å². The summed E-state index contributed by atoms with van der Waals surface area (Å²) in [6, 6.07) is 0. The number of rotatable bonds is 23. The van der Waals surface area contributed by atoms with Gasteiger partial charge in [0.15, 0.2) is 11.5 Å². The molecule has 0 atom stereocenters. The minimum absolute atomic E-state index is 0.0839. The van der Waals surface area contributed by atoms with Gasteiger partial charge in [-0.15, -0.1) is 0 Å². The lowest BCUT2D eigenvalue weighted by Gasteiger charge is -2.21. The zero-order valence-corrected chi connectivity index (χ0v) is 23.2. The van der Waals surface area contributed by atoms with Crippen molar-refractivity contribution >= 4 is 5.97 Å². The van der Waals surface area contributed by atoms with Gasteiger partial charge in [-0.2, -0.15) is 0 Å². The van der Waals surface area contributed by atoms with Gasteiger partial charge in [-0.3, -0.25) is 0 Å². The van der Waals surface area contributed by atoms with Crippen LogP contribution in [0.15, 0.2) is 0 Å². The third-order valence-corrected chi connectivity index (χ3v) is 6.69. The van der Waals surface area contributed by atoms with Gasteiger partial charge in [-0.05, 0) is 25.7 Å². The Hall–Kier alpha value is -2.11. The third-order valence-electron chi connectivity index (χ3n) is 6.69. The van der Waals surface area contributed by atoms with Gasteiger partial charge in [0.25, 0.3) is 0 Å². The number of benzene rings is 1. The molecule has 0 aliphatic carbocycles. The molecule has 0 saturated heterocycles. The molecule has 6 nitrogen and oxygen atoms in total. The second-order valence-electron chi connectivity index (χ2n) is 9.91. The number of phenolic OH excluding ortho intramolecular Hbond substituents is 1. The molecule has 0 aliphatic heterocycles. The van der Waals surface area contributed by atoms with Crippen LogP contribution < -0.4 is 9.47 Å². The molecule has 0 heterocycles. The lowest BCUT2D eigenvalue weighted by molar-refractivity contribution is 0.0690. The second kappa shape index (κ2) is 20.0. The van der Waals surface area contributed by atoms with Gasteiger partial charge in [-0.1, -0.05) is 111 Å². The number of phenols is 2. The Morgan fingerprint density at radius 3 is 1.47 bits per heavy atom. The number of ether oxygens (including phenoxy) is 2. The Kier molecular flexibility index (Phi) is 17.7. The first-order valence-corrected chi connectivity index (χ1v) is 14.6. The molecule has 1 aromatic rings. The Bertz CT molecular complexity index is 731. The van der Waals surface area contributed by atoms with Crippen LogP contribution in [0.2, 0.25) is 0 Å². The molecule has 0 aromatic heterocycles. The van der Waals surface area contributed by atoms with E-state index < -0.39 is 17.5 Å². The highest BCUT2D eigenvalue weighted by Gasteiger charge is 2.29. The van der Waals surface area contributed by atoms with Crippen molar-refractivity contribution in [2.75, 3.05) is 13.2 Å². The summed E-state index contributed by atoms with van der Waals surface area (Å²) in [6.07, 6.45) is 18.8. The molecule has 6 heteroatoms. The molecule has 0 radical (unpaired) electrons. The molecule has 0 fully saturated rings. The van der Waals surface area contributed by atoms with Gasteiger partial charge in [0.2, 0.25) is 11.5 Å². The first-order chi connectivity index (χ1) is 17.5. The first kappa shape index (κ1) is 31.9. The molecule has 3 N–H and O–H groups in total. The van der Waals surface area contributed by atoms with Gasteiger partial charge in [0.1, 0.15) is 5.56 Å². The van der Waals surface area contributed by atoms with Crippen molar-refractivity contribution in [1.82, 2.24) is 0 Å². The number of unbranched alkanes of at least 4 members (excludes halogenated alkanes) is 14. The van der Waals surface area contributed by atoms with Crippen molar-refractivity contribution < 1.29 is 29.6 Å². The van der Waals surface area contributed by atoms with Crippen LogP contribution in [-0.2, 0) is 6.42 Å². The predicted octanol–water partition coefficient (Wildman–Crippen LogP) is 8.79. The molecule has 1 rings (SSSR count). The zero-order chi connectivity index (χ0) is 26.6. The monoisotopic (exact) mass is 508 g/mol. The molecular formula is C30H52O6. The maximum atomic E-state index is 12.1. The van der Waals surface area contributed by atoms with Crippen molar-refractivity contribution in [3.05, 3.63) is 11.1 Å². The van der Waals surface area contributed by atoms with Crippen LogP contribution in [0.4, 0.5) is 0 Å². The highest BCUT2D eigenvalue weighted by molar-refractivity contribution is 5.96. The van der Waals surface area contributed by atoms with E-state index in [0.29, 0.717) is 25.2 Å². The van der Waals surface area contributed by atoms with E-state index in [4.69, 9.17) is 9.47 Å². The van der Waals surface area contributed by atoms with E-state index in [1.165, 1.54) is 38.5 Å². The van der Waals surface area contributed by atoms with E-state index in [9.17, 15) is 20.1 Å². The Morgan fingerprint density at radius 1 is 0.583 bits per heavy atom. The fraction of sp³-hybridized carbons (Fsp3) is 0.767. The average Bonchev–Trinajstić information content (AvgIpc) is 2.86. The number of hydrogen-bond acceptors (Lipinski definition) is 5. The summed E-state index contributed by atoms with van der Waals surface area (Å²) in [5.41, 5.74) is 0.158. The normalized spacial score (nSPS) is 11.1. The summed E-state index contributed by atoms with van der Waals surface area (Å²) in [6.45, 7) is 7.34. The van der Waals surface area contributed by atoms with E-state index in [0.717, 1.165) is 70.6 Å². The zero-order valence-electron chi connectivity index (χ0n) is 23.2. The second-order valence-corrected chi connectivity index (χ2v) is 9.91. The highest BCUT2D eigenvalue weighted by Crippen LogP contribution is 2.49. The van der Waals surface area contributed by atoms with Gasteiger partial charge < -0.3 is 24.8 Å². The number of aromatic hydroxyl groups is 2. The number of carbonyl (C=O) groups is 1. The summed E-state index contributed by atoms with van der Waals surface area (Å²) in [5, 5.41) is 31.2. The molecule has 208 valence electrons. The van der Waals surface area contributed by atoms with E-state index in [1.807, 2.05) is 0 Å². The van der Waals surface area contributed by atoms with Crippen molar-refractivity contribution in [3.63, 3.8) is 0 Å².